The average Bonchev–Trinajstić information content (AvgIpc) is 3.01. The Morgan fingerprint density at radius 3 is 2.50 bits per heavy atom. The first-order valence-corrected chi connectivity index (χ1v) is 9.25. The van der Waals surface area contributed by atoms with Gasteiger partial charge in [-0.15, -0.1) is 11.3 Å². The van der Waals surface area contributed by atoms with Crippen LogP contribution in [0.4, 0.5) is 5.69 Å². The molecule has 0 atom stereocenters. The molecule has 28 heavy (non-hydrogen) atoms. The molecule has 0 aliphatic carbocycles. The number of Topliss-reactive ketones (excluding diaryl/α,β-unsaturated/α-hetero) is 1. The largest absolute Gasteiger partial charge is 0.496 e. The lowest BCUT2D eigenvalue weighted by molar-refractivity contribution is -0.114. The van der Waals surface area contributed by atoms with Gasteiger partial charge >= 0.3 is 0 Å². The highest BCUT2D eigenvalue weighted by molar-refractivity contribution is 7.07. The van der Waals surface area contributed by atoms with Crippen molar-refractivity contribution < 1.29 is 14.3 Å². The average molecular weight is 394 g/mol. The van der Waals surface area contributed by atoms with Crippen LogP contribution in [0.25, 0.3) is 12.2 Å². The molecule has 6 nitrogen and oxygen atoms in total. The minimum atomic E-state index is -0.269. The van der Waals surface area contributed by atoms with Gasteiger partial charge in [-0.2, -0.15) is 0 Å². The number of carbonyl (C=O) groups excluding carboxylic acids is 2. The number of nitrogens with one attached hydrogen (secondary N) is 2. The van der Waals surface area contributed by atoms with Gasteiger partial charge in [-0.25, -0.2) is 0 Å². The Kier molecular flexibility index (Phi) is 5.86. The predicted molar refractivity (Wildman–Crippen MR) is 110 cm³/mol. The maximum absolute atomic E-state index is 12.5. The molecule has 0 aliphatic rings. The second-order valence-electron chi connectivity index (χ2n) is 5.94. The fraction of sp³-hybridized carbons (Fsp3) is 0.0952. The van der Waals surface area contributed by atoms with Crippen LogP contribution in [0.15, 0.2) is 53.3 Å². The molecule has 0 radical (unpaired) electrons. The molecule has 0 spiro atoms. The summed E-state index contributed by atoms with van der Waals surface area (Å²) in [4.78, 5) is 38.5. The smallest absolute Gasteiger partial charge is 0.266 e. The maximum Gasteiger partial charge on any atom is 0.266 e. The van der Waals surface area contributed by atoms with Crippen molar-refractivity contribution in [3.8, 4) is 5.75 Å². The van der Waals surface area contributed by atoms with Gasteiger partial charge in [0.15, 0.2) is 5.78 Å². The molecule has 0 fully saturated rings. The number of hydrogen-bond donors (Lipinski definition) is 2. The second-order valence-corrected chi connectivity index (χ2v) is 7.02. The van der Waals surface area contributed by atoms with E-state index < -0.39 is 0 Å². The van der Waals surface area contributed by atoms with Crippen LogP contribution in [-0.2, 0) is 4.79 Å². The molecule has 3 aromatic rings. The standard InChI is InChI=1S/C21H18N2O4S/c1-13(24)22-15-9-7-14(8-10-15)11-19-21(26)23-20(28-19)12-17(25)16-5-3-4-6-18(16)27-2/h3-12H,1-2H3,(H,22,24)(H,23,26)/b19-11+,20-12+. The van der Waals surface area contributed by atoms with Gasteiger partial charge in [-0.1, -0.05) is 24.3 Å². The van der Waals surface area contributed by atoms with Crippen molar-refractivity contribution in [1.82, 2.24) is 4.98 Å². The van der Waals surface area contributed by atoms with Crippen LogP contribution < -0.4 is 24.8 Å². The van der Waals surface area contributed by atoms with E-state index in [0.29, 0.717) is 26.2 Å². The Morgan fingerprint density at radius 1 is 1.11 bits per heavy atom. The zero-order chi connectivity index (χ0) is 20.1. The number of para-hydroxylation sites is 1. The minimum Gasteiger partial charge on any atom is -0.496 e. The number of benzene rings is 2. The predicted octanol–water partition coefficient (Wildman–Crippen LogP) is 1.90. The molecule has 0 saturated carbocycles. The van der Waals surface area contributed by atoms with E-state index in [0.717, 1.165) is 5.56 Å². The summed E-state index contributed by atoms with van der Waals surface area (Å²) >= 11 is 1.20. The normalized spacial score (nSPS) is 12.1. The minimum absolute atomic E-state index is 0.147. The van der Waals surface area contributed by atoms with E-state index in [1.54, 1.807) is 54.6 Å². The summed E-state index contributed by atoms with van der Waals surface area (Å²) in [5.74, 6) is 0.0844. The summed E-state index contributed by atoms with van der Waals surface area (Å²) in [6, 6.07) is 14.0. The second kappa shape index (κ2) is 8.49. The summed E-state index contributed by atoms with van der Waals surface area (Å²) in [5, 5.41) is 2.69. The molecule has 0 bridgehead atoms. The number of carbonyl (C=O) groups is 2. The number of aromatic nitrogens is 1. The highest BCUT2D eigenvalue weighted by Gasteiger charge is 2.09. The maximum atomic E-state index is 12.5. The van der Waals surface area contributed by atoms with Crippen molar-refractivity contribution in [2.45, 2.75) is 6.92 Å². The number of H-pyrrole nitrogens is 1. The quantitative estimate of drug-likeness (QED) is 0.647. The molecule has 7 heteroatoms. The zero-order valence-corrected chi connectivity index (χ0v) is 16.1. The number of ketones is 1. The van der Waals surface area contributed by atoms with Gasteiger partial charge in [-0.3, -0.25) is 14.4 Å². The van der Waals surface area contributed by atoms with Crippen molar-refractivity contribution in [3.63, 3.8) is 0 Å². The molecule has 142 valence electrons. The number of anilines is 1. The Morgan fingerprint density at radius 2 is 1.82 bits per heavy atom. The summed E-state index contributed by atoms with van der Waals surface area (Å²) in [6.45, 7) is 1.44. The Balaban J connectivity index is 1.91. The molecule has 1 heterocycles. The number of hydrogen-bond acceptors (Lipinski definition) is 5. The first-order chi connectivity index (χ1) is 13.5. The van der Waals surface area contributed by atoms with Crippen LogP contribution in [0.2, 0.25) is 0 Å². The molecular weight excluding hydrogens is 376 g/mol. The number of amides is 1. The SMILES string of the molecule is COc1ccccc1C(=O)/C=c1\[nH]c(=O)/c(=C\c2ccc(NC(C)=O)cc2)s1. The molecule has 1 aromatic heterocycles. The van der Waals surface area contributed by atoms with Crippen LogP contribution in [0.3, 0.4) is 0 Å². The lowest BCUT2D eigenvalue weighted by atomic mass is 10.1. The Hall–Kier alpha value is -3.45. The van der Waals surface area contributed by atoms with Crippen LogP contribution in [0.5, 0.6) is 5.75 Å². The molecule has 0 unspecified atom stereocenters. The van der Waals surface area contributed by atoms with Crippen LogP contribution in [0.1, 0.15) is 22.8 Å². The van der Waals surface area contributed by atoms with E-state index in [9.17, 15) is 14.4 Å². The lowest BCUT2D eigenvalue weighted by Gasteiger charge is -2.03. The molecule has 0 aliphatic heterocycles. The summed E-state index contributed by atoms with van der Waals surface area (Å²) < 4.78 is 6.14. The van der Waals surface area contributed by atoms with Gasteiger partial charge in [-0.05, 0) is 35.9 Å². The van der Waals surface area contributed by atoms with Crippen molar-refractivity contribution in [1.29, 1.82) is 0 Å². The Bertz CT molecular complexity index is 1190. The van der Waals surface area contributed by atoms with E-state index >= 15 is 0 Å². The van der Waals surface area contributed by atoms with E-state index in [1.807, 2.05) is 0 Å². The number of aromatic amines is 1. The summed E-state index contributed by atoms with van der Waals surface area (Å²) in [5.41, 5.74) is 1.65. The highest BCUT2D eigenvalue weighted by Crippen LogP contribution is 2.18. The molecule has 3 rings (SSSR count). The van der Waals surface area contributed by atoms with Gasteiger partial charge in [0.05, 0.1) is 21.9 Å². The van der Waals surface area contributed by atoms with Crippen molar-refractivity contribution in [3.05, 3.63) is 79.2 Å². The van der Waals surface area contributed by atoms with E-state index in [2.05, 4.69) is 10.3 Å². The third-order valence-corrected chi connectivity index (χ3v) is 4.81. The third kappa shape index (κ3) is 4.63. The lowest BCUT2D eigenvalue weighted by Crippen LogP contribution is -2.20. The molecule has 2 aromatic carbocycles. The first-order valence-electron chi connectivity index (χ1n) is 8.44. The Labute approximate surface area is 164 Å². The van der Waals surface area contributed by atoms with Crippen LogP contribution in [0, 0.1) is 0 Å². The molecule has 0 saturated heterocycles. The van der Waals surface area contributed by atoms with E-state index in [-0.39, 0.29) is 17.2 Å². The van der Waals surface area contributed by atoms with Gasteiger partial charge in [0, 0.05) is 18.7 Å². The topological polar surface area (TPSA) is 88.3 Å². The monoisotopic (exact) mass is 394 g/mol. The molecule has 1 amide bonds. The fourth-order valence-electron chi connectivity index (χ4n) is 2.59. The fourth-order valence-corrected chi connectivity index (χ4v) is 3.47. The van der Waals surface area contributed by atoms with Gasteiger partial charge in [0.25, 0.3) is 5.56 Å². The van der Waals surface area contributed by atoms with Crippen LogP contribution >= 0.6 is 11.3 Å². The van der Waals surface area contributed by atoms with Gasteiger partial charge in [0.2, 0.25) is 5.91 Å². The van der Waals surface area contributed by atoms with Crippen molar-refractivity contribution in [2.24, 2.45) is 0 Å². The van der Waals surface area contributed by atoms with Crippen LogP contribution in [-0.4, -0.2) is 23.8 Å². The van der Waals surface area contributed by atoms with E-state index in [4.69, 9.17) is 4.74 Å². The number of rotatable bonds is 5. The summed E-state index contributed by atoms with van der Waals surface area (Å²) in [6.07, 6.45) is 3.12. The van der Waals surface area contributed by atoms with Crippen molar-refractivity contribution in [2.75, 3.05) is 12.4 Å². The first kappa shape index (κ1) is 19.3. The van der Waals surface area contributed by atoms with E-state index in [1.165, 1.54) is 31.4 Å². The zero-order valence-electron chi connectivity index (χ0n) is 15.3. The van der Waals surface area contributed by atoms with Gasteiger partial charge in [0.1, 0.15) is 5.75 Å². The molecule has 2 N–H and O–H groups in total. The number of methoxy groups -OCH3 is 1. The number of thiazole rings is 1. The molecular formula is C21H18N2O4S. The highest BCUT2D eigenvalue weighted by atomic mass is 32.1. The number of ether oxygens (including phenoxy) is 1. The van der Waals surface area contributed by atoms with Crippen molar-refractivity contribution >= 4 is 40.9 Å². The third-order valence-electron chi connectivity index (χ3n) is 3.84. The summed E-state index contributed by atoms with van der Waals surface area (Å²) in [7, 11) is 1.50. The van der Waals surface area contributed by atoms with Gasteiger partial charge < -0.3 is 15.0 Å².